The number of fused-ring (bicyclic) bond motifs is 1. The number of rotatable bonds is 4. The highest BCUT2D eigenvalue weighted by molar-refractivity contribution is 5.97. The van der Waals surface area contributed by atoms with Gasteiger partial charge in [0.15, 0.2) is 0 Å². The van der Waals surface area contributed by atoms with Gasteiger partial charge in [-0.05, 0) is 50.6 Å². The lowest BCUT2D eigenvalue weighted by Gasteiger charge is -2.34. The summed E-state index contributed by atoms with van der Waals surface area (Å²) in [5.41, 5.74) is 2.30. The molecule has 1 saturated heterocycles. The zero-order valence-corrected chi connectivity index (χ0v) is 14.2. The van der Waals surface area contributed by atoms with Crippen LogP contribution in [-0.2, 0) is 0 Å². The average Bonchev–Trinajstić information content (AvgIpc) is 2.59. The van der Waals surface area contributed by atoms with Gasteiger partial charge in [0.25, 0.3) is 5.91 Å². The molecule has 6 heteroatoms. The SMILES string of the molecule is CCCN(C(=O)c1ccc2nccnc2c1)C1CCNCC1.Cl. The zero-order valence-electron chi connectivity index (χ0n) is 13.4. The summed E-state index contributed by atoms with van der Waals surface area (Å²) in [6.45, 7) is 4.90. The molecular weight excluding hydrogens is 312 g/mol. The Kier molecular flexibility index (Phi) is 6.30. The molecular formula is C17H23ClN4O. The van der Waals surface area contributed by atoms with Crippen molar-refractivity contribution in [3.05, 3.63) is 36.2 Å². The van der Waals surface area contributed by atoms with Gasteiger partial charge in [-0.2, -0.15) is 0 Å². The molecule has 0 bridgehead atoms. The molecule has 1 amide bonds. The van der Waals surface area contributed by atoms with Crippen molar-refractivity contribution >= 4 is 29.3 Å². The fourth-order valence-electron chi connectivity index (χ4n) is 3.07. The number of halogens is 1. The maximum Gasteiger partial charge on any atom is 0.254 e. The number of piperidine rings is 1. The van der Waals surface area contributed by atoms with Crippen molar-refractivity contribution in [2.45, 2.75) is 32.2 Å². The summed E-state index contributed by atoms with van der Waals surface area (Å²) in [6, 6.07) is 5.94. The quantitative estimate of drug-likeness (QED) is 0.934. The highest BCUT2D eigenvalue weighted by atomic mass is 35.5. The van der Waals surface area contributed by atoms with Gasteiger partial charge in [0.2, 0.25) is 0 Å². The van der Waals surface area contributed by atoms with E-state index in [0.29, 0.717) is 11.6 Å². The summed E-state index contributed by atoms with van der Waals surface area (Å²) >= 11 is 0. The molecule has 2 aromatic rings. The Labute approximate surface area is 142 Å². The van der Waals surface area contributed by atoms with Gasteiger partial charge >= 0.3 is 0 Å². The van der Waals surface area contributed by atoms with Crippen LogP contribution < -0.4 is 5.32 Å². The average molecular weight is 335 g/mol. The molecule has 1 aliphatic heterocycles. The second-order valence-corrected chi connectivity index (χ2v) is 5.74. The van der Waals surface area contributed by atoms with E-state index in [-0.39, 0.29) is 18.3 Å². The summed E-state index contributed by atoms with van der Waals surface area (Å²) in [5.74, 6) is 0.112. The van der Waals surface area contributed by atoms with E-state index in [1.54, 1.807) is 12.4 Å². The molecule has 1 aliphatic rings. The Balaban J connectivity index is 0.00000192. The van der Waals surface area contributed by atoms with E-state index in [1.807, 2.05) is 23.1 Å². The standard InChI is InChI=1S/C17H22N4O.ClH/c1-2-11-21(14-5-7-18-8-6-14)17(22)13-3-4-15-16(12-13)20-10-9-19-15;/h3-4,9-10,12,14,18H,2,5-8,11H2,1H3;1H. The second-order valence-electron chi connectivity index (χ2n) is 5.74. The van der Waals surface area contributed by atoms with Gasteiger partial charge in [-0.3, -0.25) is 14.8 Å². The van der Waals surface area contributed by atoms with Gasteiger partial charge < -0.3 is 10.2 Å². The molecule has 1 N–H and O–H groups in total. The van der Waals surface area contributed by atoms with Crippen molar-refractivity contribution < 1.29 is 4.79 Å². The molecule has 0 radical (unpaired) electrons. The van der Waals surface area contributed by atoms with Crippen LogP contribution >= 0.6 is 12.4 Å². The Bertz CT molecular complexity index is 658. The second kappa shape index (κ2) is 8.22. The van der Waals surface area contributed by atoms with Crippen molar-refractivity contribution in [1.82, 2.24) is 20.2 Å². The lowest BCUT2D eigenvalue weighted by molar-refractivity contribution is 0.0643. The first-order chi connectivity index (χ1) is 10.8. The molecule has 5 nitrogen and oxygen atoms in total. The van der Waals surface area contributed by atoms with Crippen molar-refractivity contribution in [3.8, 4) is 0 Å². The highest BCUT2D eigenvalue weighted by Gasteiger charge is 2.25. The zero-order chi connectivity index (χ0) is 15.4. The van der Waals surface area contributed by atoms with E-state index in [9.17, 15) is 4.79 Å². The van der Waals surface area contributed by atoms with Crippen LogP contribution in [0.5, 0.6) is 0 Å². The molecule has 2 heterocycles. The number of aromatic nitrogens is 2. The number of amides is 1. The third-order valence-corrected chi connectivity index (χ3v) is 4.19. The number of hydrogen-bond donors (Lipinski definition) is 1. The lowest BCUT2D eigenvalue weighted by atomic mass is 10.0. The maximum atomic E-state index is 12.9. The first-order valence-corrected chi connectivity index (χ1v) is 8.02. The number of nitrogens with zero attached hydrogens (tertiary/aromatic N) is 3. The van der Waals surface area contributed by atoms with Crippen LogP contribution in [0.15, 0.2) is 30.6 Å². The molecule has 0 atom stereocenters. The minimum atomic E-state index is 0. The molecule has 124 valence electrons. The van der Waals surface area contributed by atoms with Crippen LogP contribution in [0.4, 0.5) is 0 Å². The topological polar surface area (TPSA) is 58.1 Å². The summed E-state index contributed by atoms with van der Waals surface area (Å²) in [6.07, 6.45) is 6.36. The van der Waals surface area contributed by atoms with E-state index < -0.39 is 0 Å². The van der Waals surface area contributed by atoms with Crippen LogP contribution in [0, 0.1) is 0 Å². The monoisotopic (exact) mass is 334 g/mol. The first-order valence-electron chi connectivity index (χ1n) is 8.02. The summed E-state index contributed by atoms with van der Waals surface area (Å²) in [4.78, 5) is 23.5. The lowest BCUT2D eigenvalue weighted by Crippen LogP contribution is -2.46. The Hall–Kier alpha value is -1.72. The van der Waals surface area contributed by atoms with Gasteiger partial charge in [0.1, 0.15) is 0 Å². The third kappa shape index (κ3) is 3.98. The fraction of sp³-hybridized carbons (Fsp3) is 0.471. The molecule has 23 heavy (non-hydrogen) atoms. The predicted octanol–water partition coefficient (Wildman–Crippen LogP) is 2.66. The van der Waals surface area contributed by atoms with Gasteiger partial charge in [0.05, 0.1) is 11.0 Å². The van der Waals surface area contributed by atoms with Crippen molar-refractivity contribution in [2.75, 3.05) is 19.6 Å². The van der Waals surface area contributed by atoms with Crippen molar-refractivity contribution in [3.63, 3.8) is 0 Å². The first kappa shape index (κ1) is 17.6. The molecule has 0 aliphatic carbocycles. The van der Waals surface area contributed by atoms with Crippen LogP contribution in [0.25, 0.3) is 11.0 Å². The number of hydrogen-bond acceptors (Lipinski definition) is 4. The number of carbonyl (C=O) groups excluding carboxylic acids is 1. The molecule has 3 rings (SSSR count). The molecule has 1 fully saturated rings. The van der Waals surface area contributed by atoms with Crippen molar-refractivity contribution in [1.29, 1.82) is 0 Å². The van der Waals surface area contributed by atoms with E-state index in [2.05, 4.69) is 22.2 Å². The molecule has 1 aromatic heterocycles. The van der Waals surface area contributed by atoms with Crippen LogP contribution in [0.2, 0.25) is 0 Å². The highest BCUT2D eigenvalue weighted by Crippen LogP contribution is 2.18. The molecule has 0 unspecified atom stereocenters. The number of benzene rings is 1. The van der Waals surface area contributed by atoms with E-state index in [4.69, 9.17) is 0 Å². The molecule has 1 aromatic carbocycles. The van der Waals surface area contributed by atoms with Gasteiger partial charge in [-0.15, -0.1) is 12.4 Å². The normalized spacial score (nSPS) is 15.2. The minimum absolute atomic E-state index is 0. The number of carbonyl (C=O) groups is 1. The van der Waals surface area contributed by atoms with Gasteiger partial charge in [-0.25, -0.2) is 0 Å². The van der Waals surface area contributed by atoms with E-state index >= 15 is 0 Å². The minimum Gasteiger partial charge on any atom is -0.336 e. The fourth-order valence-corrected chi connectivity index (χ4v) is 3.07. The van der Waals surface area contributed by atoms with E-state index in [1.165, 1.54) is 0 Å². The van der Waals surface area contributed by atoms with Crippen LogP contribution in [-0.4, -0.2) is 46.5 Å². The van der Waals surface area contributed by atoms with Gasteiger partial charge in [-0.1, -0.05) is 6.92 Å². The van der Waals surface area contributed by atoms with Crippen LogP contribution in [0.1, 0.15) is 36.5 Å². The smallest absolute Gasteiger partial charge is 0.254 e. The Morgan fingerprint density at radius 3 is 2.61 bits per heavy atom. The summed E-state index contributed by atoms with van der Waals surface area (Å²) in [7, 11) is 0. The van der Waals surface area contributed by atoms with Gasteiger partial charge in [0, 0.05) is 30.5 Å². The largest absolute Gasteiger partial charge is 0.336 e. The Morgan fingerprint density at radius 1 is 1.22 bits per heavy atom. The maximum absolute atomic E-state index is 12.9. The van der Waals surface area contributed by atoms with Crippen molar-refractivity contribution in [2.24, 2.45) is 0 Å². The predicted molar refractivity (Wildman–Crippen MR) is 94.0 cm³/mol. The summed E-state index contributed by atoms with van der Waals surface area (Å²) in [5, 5.41) is 3.36. The molecule has 0 saturated carbocycles. The summed E-state index contributed by atoms with van der Waals surface area (Å²) < 4.78 is 0. The van der Waals surface area contributed by atoms with Crippen LogP contribution in [0.3, 0.4) is 0 Å². The Morgan fingerprint density at radius 2 is 1.91 bits per heavy atom. The third-order valence-electron chi connectivity index (χ3n) is 4.19. The number of nitrogens with one attached hydrogen (secondary N) is 1. The van der Waals surface area contributed by atoms with E-state index in [0.717, 1.165) is 49.9 Å². The molecule has 0 spiro atoms.